The molecular weight excluding hydrogens is 565 g/mol. The number of anilines is 1. The number of fused-ring (bicyclic) bond motifs is 1. The number of likely N-dealkylation sites (tertiary alicyclic amines) is 1. The highest BCUT2D eigenvalue weighted by atomic mass is 19.1. The van der Waals surface area contributed by atoms with Crippen LogP contribution in [0.2, 0.25) is 0 Å². The molecule has 10 nitrogen and oxygen atoms in total. The maximum atomic E-state index is 13.0. The van der Waals surface area contributed by atoms with Gasteiger partial charge in [-0.25, -0.2) is 9.78 Å². The minimum atomic E-state index is -0.521. The minimum Gasteiger partial charge on any atom is -0.489 e. The molecule has 1 aliphatic rings. The average molecular weight is 604 g/mol. The predicted octanol–water partition coefficient (Wildman–Crippen LogP) is 5.57. The fourth-order valence-electron chi connectivity index (χ4n) is 5.46. The number of aliphatic hydroxyl groups excluding tert-OH is 1. The highest BCUT2D eigenvalue weighted by Gasteiger charge is 2.22. The van der Waals surface area contributed by atoms with E-state index in [1.54, 1.807) is 43.6 Å². The Kier molecular flexibility index (Phi) is 10.1. The third-order valence-electron chi connectivity index (χ3n) is 7.68. The number of hydrogen-bond donors (Lipinski definition) is 3. The van der Waals surface area contributed by atoms with Crippen LogP contribution in [0.5, 0.6) is 17.2 Å². The van der Waals surface area contributed by atoms with E-state index in [2.05, 4.69) is 20.5 Å². The van der Waals surface area contributed by atoms with Crippen molar-refractivity contribution in [1.29, 1.82) is 0 Å². The van der Waals surface area contributed by atoms with Crippen molar-refractivity contribution in [2.75, 3.05) is 45.3 Å². The number of β-amino-alcohol motifs (C(OH)–C–C–N with tert-alkyl or cyclic N) is 1. The van der Waals surface area contributed by atoms with Gasteiger partial charge in [-0.05, 0) is 74.7 Å². The summed E-state index contributed by atoms with van der Waals surface area (Å²) in [7, 11) is 1.55. The van der Waals surface area contributed by atoms with Gasteiger partial charge in [0.25, 0.3) is 5.91 Å². The lowest BCUT2D eigenvalue weighted by atomic mass is 9.89. The summed E-state index contributed by atoms with van der Waals surface area (Å²) in [6.45, 7) is 4.02. The molecule has 5 rings (SSSR count). The van der Waals surface area contributed by atoms with Gasteiger partial charge in [-0.2, -0.15) is 0 Å². The normalized spacial score (nSPS) is 14.7. The molecule has 0 radical (unpaired) electrons. The Morgan fingerprint density at radius 3 is 2.57 bits per heavy atom. The van der Waals surface area contributed by atoms with Gasteiger partial charge >= 0.3 is 6.03 Å². The maximum Gasteiger partial charge on any atom is 0.325 e. The largest absolute Gasteiger partial charge is 0.489 e. The van der Waals surface area contributed by atoms with Gasteiger partial charge in [0.1, 0.15) is 11.6 Å². The number of aliphatic hydroxyl groups is 1. The topological polar surface area (TPSA) is 118 Å². The summed E-state index contributed by atoms with van der Waals surface area (Å²) in [6, 6.07) is 15.9. The van der Waals surface area contributed by atoms with Crippen molar-refractivity contribution in [2.24, 2.45) is 0 Å². The third-order valence-corrected chi connectivity index (χ3v) is 7.68. The number of alkyl halides is 1. The summed E-state index contributed by atoms with van der Waals surface area (Å²) in [5.74, 6) is 1.59. The Balaban J connectivity index is 1.26. The van der Waals surface area contributed by atoms with Crippen molar-refractivity contribution in [3.05, 3.63) is 78.1 Å². The fraction of sp³-hybridized carbons (Fsp3) is 0.364. The number of benzene rings is 2. The Morgan fingerprint density at radius 1 is 1.09 bits per heavy atom. The molecule has 1 saturated heterocycles. The number of carbonyl (C=O) groups is 2. The number of ether oxygens (including phenoxy) is 2. The summed E-state index contributed by atoms with van der Waals surface area (Å²) in [6.07, 6.45) is 5.10. The first-order chi connectivity index (χ1) is 21.3. The lowest BCUT2D eigenvalue weighted by molar-refractivity contribution is 0.102. The second kappa shape index (κ2) is 14.3. The van der Waals surface area contributed by atoms with Crippen LogP contribution >= 0.6 is 0 Å². The van der Waals surface area contributed by atoms with Crippen LogP contribution in [0, 0.1) is 0 Å². The molecule has 0 aliphatic carbocycles. The molecule has 3 N–H and O–H groups in total. The van der Waals surface area contributed by atoms with Gasteiger partial charge in [-0.1, -0.05) is 12.1 Å². The second-order valence-electron chi connectivity index (χ2n) is 11.0. The lowest BCUT2D eigenvalue weighted by Crippen LogP contribution is -2.37. The third kappa shape index (κ3) is 7.53. The van der Waals surface area contributed by atoms with Crippen LogP contribution in [0.25, 0.3) is 10.9 Å². The molecule has 2 aromatic carbocycles. The molecule has 4 aromatic rings. The molecule has 2 amide bonds. The first kappa shape index (κ1) is 31.0. The molecule has 0 saturated carbocycles. The van der Waals surface area contributed by atoms with E-state index in [0.29, 0.717) is 46.6 Å². The molecule has 232 valence electrons. The van der Waals surface area contributed by atoms with E-state index in [0.717, 1.165) is 31.3 Å². The standard InChI is InChI=1S/C33H38FN5O5/c1-22(40)21-38-14-9-24(10-15-38)23-4-6-25(7-5-23)32(41)37-31-19-27(8-13-36-31)44-30-18-26-11-16-39(33(42)35-2)28(26)20-29(30)43-17-3-12-34/h4-8,11,13,16,18-20,22,24,40H,3,9-10,12,14-15,17,21H2,1-2H3,(H,35,42)(H,36,37,41)/t22-/m0/s1. The van der Waals surface area contributed by atoms with Crippen molar-refractivity contribution in [3.63, 3.8) is 0 Å². The van der Waals surface area contributed by atoms with Crippen molar-refractivity contribution < 1.29 is 28.6 Å². The average Bonchev–Trinajstić information content (AvgIpc) is 3.44. The molecule has 2 aromatic heterocycles. The first-order valence-corrected chi connectivity index (χ1v) is 14.9. The Labute approximate surface area is 255 Å². The number of rotatable bonds is 11. The Hall–Kier alpha value is -4.48. The summed E-state index contributed by atoms with van der Waals surface area (Å²) in [5, 5.41) is 15.8. The van der Waals surface area contributed by atoms with Crippen LogP contribution in [-0.4, -0.2) is 77.6 Å². The molecular formula is C33H38FN5O5. The van der Waals surface area contributed by atoms with Crippen LogP contribution in [0.3, 0.4) is 0 Å². The molecule has 0 bridgehead atoms. The summed E-state index contributed by atoms with van der Waals surface area (Å²) in [4.78, 5) is 31.9. The van der Waals surface area contributed by atoms with Crippen molar-refractivity contribution in [3.8, 4) is 17.2 Å². The number of hydrogen-bond acceptors (Lipinski definition) is 7. The molecule has 1 aliphatic heterocycles. The first-order valence-electron chi connectivity index (χ1n) is 14.9. The smallest absolute Gasteiger partial charge is 0.325 e. The lowest BCUT2D eigenvalue weighted by Gasteiger charge is -2.32. The van der Waals surface area contributed by atoms with E-state index in [9.17, 15) is 19.1 Å². The monoisotopic (exact) mass is 603 g/mol. The van der Waals surface area contributed by atoms with Gasteiger partial charge < -0.3 is 30.1 Å². The Morgan fingerprint density at radius 2 is 1.86 bits per heavy atom. The molecule has 1 atom stereocenters. The van der Waals surface area contributed by atoms with Gasteiger partial charge in [0.15, 0.2) is 11.5 Å². The second-order valence-corrected chi connectivity index (χ2v) is 11.0. The van der Waals surface area contributed by atoms with Gasteiger partial charge in [-0.3, -0.25) is 13.8 Å². The van der Waals surface area contributed by atoms with Gasteiger partial charge in [0.2, 0.25) is 0 Å². The van der Waals surface area contributed by atoms with Crippen molar-refractivity contribution in [2.45, 2.75) is 38.2 Å². The van der Waals surface area contributed by atoms with E-state index in [1.165, 1.54) is 16.3 Å². The zero-order valence-electron chi connectivity index (χ0n) is 25.0. The van der Waals surface area contributed by atoms with E-state index >= 15 is 0 Å². The fourth-order valence-corrected chi connectivity index (χ4v) is 5.46. The van der Waals surface area contributed by atoms with Crippen LogP contribution in [0.15, 0.2) is 67.0 Å². The van der Waals surface area contributed by atoms with Crippen LogP contribution < -0.4 is 20.1 Å². The zero-order chi connectivity index (χ0) is 31.1. The van der Waals surface area contributed by atoms with E-state index in [-0.39, 0.29) is 31.1 Å². The molecule has 3 heterocycles. The number of pyridine rings is 1. The minimum absolute atomic E-state index is 0.137. The van der Waals surface area contributed by atoms with Gasteiger partial charge in [0, 0.05) is 55.5 Å². The number of halogens is 1. The van der Waals surface area contributed by atoms with Crippen molar-refractivity contribution >= 4 is 28.7 Å². The highest BCUT2D eigenvalue weighted by molar-refractivity contribution is 6.03. The maximum absolute atomic E-state index is 13.0. The number of amides is 2. The number of piperidine rings is 1. The Bertz CT molecular complexity index is 1580. The molecule has 0 spiro atoms. The van der Waals surface area contributed by atoms with E-state index in [4.69, 9.17) is 9.47 Å². The highest BCUT2D eigenvalue weighted by Crippen LogP contribution is 2.37. The van der Waals surface area contributed by atoms with Gasteiger partial charge in [-0.15, -0.1) is 0 Å². The zero-order valence-corrected chi connectivity index (χ0v) is 25.0. The molecule has 11 heteroatoms. The van der Waals surface area contributed by atoms with E-state index < -0.39 is 6.67 Å². The summed E-state index contributed by atoms with van der Waals surface area (Å²) < 4.78 is 26.2. The van der Waals surface area contributed by atoms with E-state index in [1.807, 2.05) is 31.2 Å². The van der Waals surface area contributed by atoms with Crippen LogP contribution in [0.4, 0.5) is 15.0 Å². The summed E-state index contributed by atoms with van der Waals surface area (Å²) in [5.41, 5.74) is 2.34. The SMILES string of the molecule is CNC(=O)n1ccc2cc(Oc3ccnc(NC(=O)c4ccc(C5CCN(C[C@H](C)O)CC5)cc4)c3)c(OCCCF)cc21. The molecule has 0 unspecified atom stereocenters. The predicted molar refractivity (Wildman–Crippen MR) is 167 cm³/mol. The molecule has 44 heavy (non-hydrogen) atoms. The van der Waals surface area contributed by atoms with Gasteiger partial charge in [0.05, 0.1) is 24.9 Å². The van der Waals surface area contributed by atoms with Crippen LogP contribution in [0.1, 0.15) is 48.0 Å². The number of nitrogens with zero attached hydrogens (tertiary/aromatic N) is 3. The number of aromatic nitrogens is 2. The van der Waals surface area contributed by atoms with Crippen molar-refractivity contribution in [1.82, 2.24) is 19.8 Å². The quantitative estimate of drug-likeness (QED) is 0.192. The number of carbonyl (C=O) groups excluding carboxylic acids is 2. The summed E-state index contributed by atoms with van der Waals surface area (Å²) >= 11 is 0. The molecule has 1 fully saturated rings. The van der Waals surface area contributed by atoms with Crippen LogP contribution in [-0.2, 0) is 0 Å². The number of nitrogens with one attached hydrogen (secondary N) is 2.